The van der Waals surface area contributed by atoms with E-state index in [0.717, 1.165) is 55.9 Å². The molecule has 9 nitrogen and oxygen atoms in total. The molecule has 0 aromatic carbocycles. The summed E-state index contributed by atoms with van der Waals surface area (Å²) in [6.07, 6.45) is 4.38. The van der Waals surface area contributed by atoms with Gasteiger partial charge in [0.2, 0.25) is 11.9 Å². The van der Waals surface area contributed by atoms with Crippen LogP contribution in [0.5, 0.6) is 0 Å². The molecule has 3 amide bonds. The fraction of sp³-hybridized carbons (Fsp3) is 0.647. The normalized spacial score (nSPS) is 25.0. The number of rotatable bonds is 3. The summed E-state index contributed by atoms with van der Waals surface area (Å²) in [5, 5.41) is 2.90. The minimum absolute atomic E-state index is 0.136. The van der Waals surface area contributed by atoms with Crippen LogP contribution in [0.1, 0.15) is 19.3 Å². The monoisotopic (exact) mass is 359 g/mol. The van der Waals surface area contributed by atoms with E-state index in [4.69, 9.17) is 4.98 Å². The van der Waals surface area contributed by atoms with Crippen molar-refractivity contribution in [3.8, 4) is 0 Å². The Morgan fingerprint density at radius 1 is 1.04 bits per heavy atom. The second-order valence-electron chi connectivity index (χ2n) is 7.05. The highest BCUT2D eigenvalue weighted by Gasteiger charge is 2.34. The largest absolute Gasteiger partial charge is 0.356 e. The SMILES string of the molecule is CN1C(=O)CC(N2CCN(c3nccc(N4CCCC4)n3)CC2)NC1=O. The maximum Gasteiger partial charge on any atom is 0.325 e. The molecule has 4 rings (SSSR count). The van der Waals surface area contributed by atoms with Crippen molar-refractivity contribution < 1.29 is 9.59 Å². The molecule has 3 saturated heterocycles. The van der Waals surface area contributed by atoms with Crippen LogP contribution in [0.3, 0.4) is 0 Å². The summed E-state index contributed by atoms with van der Waals surface area (Å²) in [6, 6.07) is 1.65. The number of nitrogens with one attached hydrogen (secondary N) is 1. The molecule has 4 heterocycles. The van der Waals surface area contributed by atoms with Gasteiger partial charge in [-0.15, -0.1) is 0 Å². The number of piperazine rings is 1. The van der Waals surface area contributed by atoms with E-state index in [1.54, 1.807) is 0 Å². The van der Waals surface area contributed by atoms with Crippen molar-refractivity contribution in [1.29, 1.82) is 0 Å². The number of imide groups is 1. The highest BCUT2D eigenvalue weighted by atomic mass is 16.2. The Hall–Kier alpha value is -2.42. The quantitative estimate of drug-likeness (QED) is 0.819. The van der Waals surface area contributed by atoms with Gasteiger partial charge in [0.25, 0.3) is 0 Å². The first-order valence-corrected chi connectivity index (χ1v) is 9.26. The molecular weight excluding hydrogens is 334 g/mol. The van der Waals surface area contributed by atoms with Crippen molar-refractivity contribution in [1.82, 2.24) is 25.1 Å². The molecule has 3 aliphatic heterocycles. The first kappa shape index (κ1) is 17.0. The predicted octanol–water partition coefficient (Wildman–Crippen LogP) is 0.0966. The summed E-state index contributed by atoms with van der Waals surface area (Å²) in [4.78, 5) is 40.7. The first-order valence-electron chi connectivity index (χ1n) is 9.26. The number of amides is 3. The molecule has 3 aliphatic rings. The van der Waals surface area contributed by atoms with Crippen LogP contribution in [0.25, 0.3) is 0 Å². The molecule has 1 aromatic rings. The Morgan fingerprint density at radius 3 is 2.46 bits per heavy atom. The third-order valence-electron chi connectivity index (χ3n) is 5.43. The number of hydrogen-bond donors (Lipinski definition) is 1. The van der Waals surface area contributed by atoms with E-state index in [1.807, 2.05) is 12.3 Å². The molecule has 0 aliphatic carbocycles. The van der Waals surface area contributed by atoms with E-state index in [2.05, 4.69) is 25.0 Å². The Balaban J connectivity index is 1.37. The second-order valence-corrected chi connectivity index (χ2v) is 7.05. The summed E-state index contributed by atoms with van der Waals surface area (Å²) in [6.45, 7) is 5.21. The van der Waals surface area contributed by atoms with E-state index in [9.17, 15) is 9.59 Å². The lowest BCUT2D eigenvalue weighted by atomic mass is 10.2. The van der Waals surface area contributed by atoms with Gasteiger partial charge in [-0.2, -0.15) is 4.98 Å². The number of aromatic nitrogens is 2. The molecule has 1 N–H and O–H groups in total. The zero-order chi connectivity index (χ0) is 18.1. The molecule has 9 heteroatoms. The van der Waals surface area contributed by atoms with E-state index in [-0.39, 0.29) is 18.1 Å². The molecule has 1 unspecified atom stereocenters. The van der Waals surface area contributed by atoms with Gasteiger partial charge < -0.3 is 15.1 Å². The molecule has 0 spiro atoms. The Bertz CT molecular complexity index is 665. The third kappa shape index (κ3) is 3.31. The van der Waals surface area contributed by atoms with Crippen LogP contribution in [-0.2, 0) is 4.79 Å². The van der Waals surface area contributed by atoms with Crippen LogP contribution < -0.4 is 15.1 Å². The number of hydrogen-bond acceptors (Lipinski definition) is 7. The smallest absolute Gasteiger partial charge is 0.325 e. The van der Waals surface area contributed by atoms with Gasteiger partial charge in [-0.25, -0.2) is 9.78 Å². The van der Waals surface area contributed by atoms with Gasteiger partial charge in [-0.1, -0.05) is 0 Å². The van der Waals surface area contributed by atoms with Gasteiger partial charge in [0, 0.05) is 52.5 Å². The van der Waals surface area contributed by atoms with E-state index in [1.165, 1.54) is 19.9 Å². The number of urea groups is 1. The van der Waals surface area contributed by atoms with Crippen LogP contribution in [-0.4, -0.2) is 84.2 Å². The molecule has 3 fully saturated rings. The van der Waals surface area contributed by atoms with Crippen molar-refractivity contribution in [2.45, 2.75) is 25.4 Å². The van der Waals surface area contributed by atoms with E-state index >= 15 is 0 Å². The molecule has 0 bridgehead atoms. The third-order valence-corrected chi connectivity index (χ3v) is 5.43. The average Bonchev–Trinajstić information content (AvgIpc) is 3.21. The van der Waals surface area contributed by atoms with E-state index < -0.39 is 0 Å². The molecule has 0 saturated carbocycles. The van der Waals surface area contributed by atoms with Gasteiger partial charge in [0.15, 0.2) is 0 Å². The van der Waals surface area contributed by atoms with E-state index in [0.29, 0.717) is 6.42 Å². The predicted molar refractivity (Wildman–Crippen MR) is 97.0 cm³/mol. The zero-order valence-electron chi connectivity index (χ0n) is 15.1. The molecule has 0 radical (unpaired) electrons. The van der Waals surface area contributed by atoms with Gasteiger partial charge in [0.1, 0.15) is 5.82 Å². The maximum absolute atomic E-state index is 11.9. The zero-order valence-corrected chi connectivity index (χ0v) is 15.1. The Labute approximate surface area is 153 Å². The lowest BCUT2D eigenvalue weighted by molar-refractivity contribution is -0.130. The Kier molecular flexibility index (Phi) is 4.62. The minimum Gasteiger partial charge on any atom is -0.356 e. The second kappa shape index (κ2) is 7.06. The number of nitrogens with zero attached hydrogens (tertiary/aromatic N) is 6. The van der Waals surface area contributed by atoms with Crippen molar-refractivity contribution in [3.05, 3.63) is 12.3 Å². The van der Waals surface area contributed by atoms with Crippen LogP contribution >= 0.6 is 0 Å². The summed E-state index contributed by atoms with van der Waals surface area (Å²) < 4.78 is 0. The standard InChI is InChI=1S/C17H25N7O2/c1-21-15(25)12-14(20-17(21)26)23-8-10-24(11-9-23)16-18-5-4-13(19-16)22-6-2-3-7-22/h4-5,14H,2-3,6-12H2,1H3,(H,20,26). The summed E-state index contributed by atoms with van der Waals surface area (Å²) in [7, 11) is 1.51. The van der Waals surface area contributed by atoms with Crippen LogP contribution in [0.15, 0.2) is 12.3 Å². The van der Waals surface area contributed by atoms with Crippen molar-refractivity contribution in [3.63, 3.8) is 0 Å². The first-order chi connectivity index (χ1) is 12.6. The van der Waals surface area contributed by atoms with Gasteiger partial charge >= 0.3 is 6.03 Å². The van der Waals surface area contributed by atoms with Crippen LogP contribution in [0, 0.1) is 0 Å². The number of anilines is 2. The molecule has 26 heavy (non-hydrogen) atoms. The molecule has 140 valence electrons. The summed E-state index contributed by atoms with van der Waals surface area (Å²) in [5.74, 6) is 1.63. The fourth-order valence-electron chi connectivity index (χ4n) is 3.77. The van der Waals surface area contributed by atoms with Crippen molar-refractivity contribution in [2.24, 2.45) is 0 Å². The van der Waals surface area contributed by atoms with Gasteiger partial charge in [-0.05, 0) is 18.9 Å². The fourth-order valence-corrected chi connectivity index (χ4v) is 3.77. The molecular formula is C17H25N7O2. The van der Waals surface area contributed by atoms with Gasteiger partial charge in [0.05, 0.1) is 12.6 Å². The lowest BCUT2D eigenvalue weighted by Gasteiger charge is -2.41. The van der Waals surface area contributed by atoms with Crippen LogP contribution in [0.2, 0.25) is 0 Å². The Morgan fingerprint density at radius 2 is 1.77 bits per heavy atom. The highest BCUT2D eigenvalue weighted by molar-refractivity contribution is 5.96. The highest BCUT2D eigenvalue weighted by Crippen LogP contribution is 2.21. The lowest BCUT2D eigenvalue weighted by Crippen LogP contribution is -2.62. The minimum atomic E-state index is -0.324. The topological polar surface area (TPSA) is 84.9 Å². The van der Waals surface area contributed by atoms with Crippen molar-refractivity contribution >= 4 is 23.7 Å². The van der Waals surface area contributed by atoms with Crippen LogP contribution in [0.4, 0.5) is 16.6 Å². The van der Waals surface area contributed by atoms with Crippen molar-refractivity contribution in [2.75, 3.05) is 56.1 Å². The number of carbonyl (C=O) groups excluding carboxylic acids is 2. The van der Waals surface area contributed by atoms with Gasteiger partial charge in [-0.3, -0.25) is 14.6 Å². The maximum atomic E-state index is 11.9. The summed E-state index contributed by atoms with van der Waals surface area (Å²) >= 11 is 0. The number of carbonyl (C=O) groups is 2. The molecule has 1 aromatic heterocycles. The average molecular weight is 359 g/mol. The summed E-state index contributed by atoms with van der Waals surface area (Å²) in [5.41, 5.74) is 0. The molecule has 1 atom stereocenters.